The van der Waals surface area contributed by atoms with Crippen molar-refractivity contribution in [3.63, 3.8) is 0 Å². The largest absolute Gasteiger partial charge is 0.399 e. The van der Waals surface area contributed by atoms with E-state index in [-0.39, 0.29) is 22.8 Å². The number of nitrogens with zero attached hydrogens (tertiary/aromatic N) is 4. The van der Waals surface area contributed by atoms with E-state index in [9.17, 15) is 20.2 Å². The van der Waals surface area contributed by atoms with Crippen molar-refractivity contribution in [3.8, 4) is 18.2 Å². The van der Waals surface area contributed by atoms with Gasteiger partial charge in [-0.05, 0) is 30.7 Å². The van der Waals surface area contributed by atoms with E-state index in [4.69, 9.17) is 10.8 Å². The van der Waals surface area contributed by atoms with Gasteiger partial charge >= 0.3 is 0 Å². The summed E-state index contributed by atoms with van der Waals surface area (Å²) in [6.45, 7) is 3.38. The highest BCUT2D eigenvalue weighted by molar-refractivity contribution is 5.59. The van der Waals surface area contributed by atoms with E-state index >= 15 is 0 Å². The Morgan fingerprint density at radius 3 is 2.41 bits per heavy atom. The van der Waals surface area contributed by atoms with Gasteiger partial charge in [0.1, 0.15) is 11.9 Å². The zero-order valence-electron chi connectivity index (χ0n) is 16.6. The minimum Gasteiger partial charge on any atom is -0.399 e. The maximum Gasteiger partial charge on any atom is 0.191 e. The van der Waals surface area contributed by atoms with Crippen LogP contribution in [0.25, 0.3) is 0 Å². The first kappa shape index (κ1) is 22.1. The minimum atomic E-state index is -1.78. The highest BCUT2D eigenvalue weighted by atomic mass is 19.1. The van der Waals surface area contributed by atoms with Crippen LogP contribution in [0.15, 0.2) is 47.2 Å². The fraction of sp³-hybridized carbons (Fsp3) is 0.409. The summed E-state index contributed by atoms with van der Waals surface area (Å²) in [6, 6.07) is 12.2. The summed E-state index contributed by atoms with van der Waals surface area (Å²) in [5.74, 6) is -1.63. The number of aliphatic hydroxyl groups excluding tert-OH is 1. The molecule has 150 valence electrons. The predicted molar refractivity (Wildman–Crippen MR) is 106 cm³/mol. The van der Waals surface area contributed by atoms with Crippen molar-refractivity contribution in [1.82, 2.24) is 4.90 Å². The molecule has 1 aromatic carbocycles. The van der Waals surface area contributed by atoms with Gasteiger partial charge in [0.15, 0.2) is 5.41 Å². The van der Waals surface area contributed by atoms with E-state index in [0.29, 0.717) is 25.3 Å². The molecule has 3 rings (SSSR count). The molecule has 0 aromatic heterocycles. The first-order valence-electron chi connectivity index (χ1n) is 9.38. The molecule has 0 saturated heterocycles. The molecule has 1 aliphatic heterocycles. The molecule has 7 heteroatoms. The second kappa shape index (κ2) is 9.34. The molecule has 0 radical (unpaired) electrons. The fourth-order valence-electron chi connectivity index (χ4n) is 3.90. The molecule has 0 amide bonds. The molecule has 1 heterocycles. The maximum absolute atomic E-state index is 14.6. The molecular formula is C22H24FN5O. The Labute approximate surface area is 170 Å². The molecular weight excluding hydrogens is 369 g/mol. The van der Waals surface area contributed by atoms with Crippen LogP contribution in [-0.2, 0) is 0 Å². The highest BCUT2D eigenvalue weighted by Gasteiger charge is 2.54. The van der Waals surface area contributed by atoms with E-state index in [1.807, 2.05) is 43.2 Å². The number of allylic oxidation sites excluding steroid dienone is 2. The zero-order valence-corrected chi connectivity index (χ0v) is 16.6. The molecule has 3 N–H and O–H groups in total. The third-order valence-corrected chi connectivity index (χ3v) is 5.31. The number of hydrogen-bond acceptors (Lipinski definition) is 6. The lowest BCUT2D eigenvalue weighted by Crippen LogP contribution is -2.47. The fourth-order valence-corrected chi connectivity index (χ4v) is 3.90. The van der Waals surface area contributed by atoms with E-state index in [0.717, 1.165) is 6.42 Å². The number of likely N-dealkylation sites (N-methyl/N-ethyl adjacent to an activating group) is 1. The Morgan fingerprint density at radius 2 is 1.90 bits per heavy atom. The molecule has 1 aliphatic carbocycles. The van der Waals surface area contributed by atoms with Crippen molar-refractivity contribution in [2.45, 2.75) is 19.3 Å². The van der Waals surface area contributed by atoms with Gasteiger partial charge in [0.05, 0.1) is 23.4 Å². The Kier molecular flexibility index (Phi) is 7.13. The maximum atomic E-state index is 14.6. The van der Waals surface area contributed by atoms with Crippen molar-refractivity contribution in [1.29, 1.82) is 15.8 Å². The van der Waals surface area contributed by atoms with Crippen LogP contribution in [0.1, 0.15) is 24.8 Å². The predicted octanol–water partition coefficient (Wildman–Crippen LogP) is 2.57. The van der Waals surface area contributed by atoms with Crippen LogP contribution in [0, 0.1) is 51.1 Å². The number of nitrogens with two attached hydrogens (primary N) is 1. The van der Waals surface area contributed by atoms with E-state index in [1.54, 1.807) is 18.2 Å². The second-order valence-corrected chi connectivity index (χ2v) is 7.14. The molecule has 0 spiro atoms. The van der Waals surface area contributed by atoms with Crippen molar-refractivity contribution in [2.75, 3.05) is 26.7 Å². The third-order valence-electron chi connectivity index (χ3n) is 5.31. The van der Waals surface area contributed by atoms with Crippen LogP contribution < -0.4 is 5.73 Å². The normalized spacial score (nSPS) is 22.7. The number of nitriles is 3. The smallest absolute Gasteiger partial charge is 0.191 e. The number of fused-ring (bicyclic) bond motifs is 1. The van der Waals surface area contributed by atoms with Crippen LogP contribution in [0.5, 0.6) is 0 Å². The third kappa shape index (κ3) is 3.87. The van der Waals surface area contributed by atoms with Crippen molar-refractivity contribution >= 4 is 0 Å². The van der Waals surface area contributed by atoms with E-state index in [2.05, 4.69) is 0 Å². The zero-order chi connectivity index (χ0) is 21.6. The first-order valence-corrected chi connectivity index (χ1v) is 9.38. The van der Waals surface area contributed by atoms with Gasteiger partial charge in [0, 0.05) is 31.5 Å². The molecule has 29 heavy (non-hydrogen) atoms. The number of halogens is 1. The highest BCUT2D eigenvalue weighted by Crippen LogP contribution is 2.54. The molecule has 2 atom stereocenters. The van der Waals surface area contributed by atoms with E-state index < -0.39 is 17.2 Å². The summed E-state index contributed by atoms with van der Waals surface area (Å²) >= 11 is 0. The Bertz CT molecular complexity index is 931. The van der Waals surface area contributed by atoms with Crippen LogP contribution in [0.3, 0.4) is 0 Å². The van der Waals surface area contributed by atoms with Crippen molar-refractivity contribution in [2.24, 2.45) is 17.1 Å². The lowest BCUT2D eigenvalue weighted by atomic mass is 9.58. The second-order valence-electron chi connectivity index (χ2n) is 7.14. The summed E-state index contributed by atoms with van der Waals surface area (Å²) in [6.07, 6.45) is 2.76. The first-order chi connectivity index (χ1) is 13.9. The van der Waals surface area contributed by atoms with E-state index in [1.165, 1.54) is 6.07 Å². The van der Waals surface area contributed by atoms with Gasteiger partial charge in [-0.15, -0.1) is 0 Å². The van der Waals surface area contributed by atoms with Crippen LogP contribution >= 0.6 is 0 Å². The molecule has 0 bridgehead atoms. The molecule has 0 saturated carbocycles. The van der Waals surface area contributed by atoms with Crippen LogP contribution in [0.2, 0.25) is 0 Å². The summed E-state index contributed by atoms with van der Waals surface area (Å²) < 4.78 is 14.6. The van der Waals surface area contributed by atoms with Gasteiger partial charge in [-0.3, -0.25) is 0 Å². The van der Waals surface area contributed by atoms with Crippen molar-refractivity contribution < 1.29 is 9.50 Å². The average molecular weight is 393 g/mol. The lowest BCUT2D eigenvalue weighted by Gasteiger charge is -2.45. The van der Waals surface area contributed by atoms with Gasteiger partial charge in [-0.2, -0.15) is 15.8 Å². The summed E-state index contributed by atoms with van der Waals surface area (Å²) in [4.78, 5) is 2.01. The molecule has 2 aliphatic rings. The van der Waals surface area contributed by atoms with Gasteiger partial charge in [0.25, 0.3) is 0 Å². The number of aliphatic hydroxyl groups is 1. The van der Waals surface area contributed by atoms with Crippen LogP contribution in [0.4, 0.5) is 4.39 Å². The molecule has 0 fully saturated rings. The van der Waals surface area contributed by atoms with Gasteiger partial charge < -0.3 is 15.7 Å². The number of rotatable bonds is 2. The molecule has 2 unspecified atom stereocenters. The topological polar surface area (TPSA) is 121 Å². The number of benzene rings is 1. The quantitative estimate of drug-likeness (QED) is 0.796. The summed E-state index contributed by atoms with van der Waals surface area (Å²) in [5, 5.41) is 37.1. The SMILES string of the molecule is CCCO.CN1CC=C2C(C#N)=C(N)C(C#N)(C#N)C(c3ccccc3F)C2C1. The summed E-state index contributed by atoms with van der Waals surface area (Å²) in [7, 11) is 1.90. The Morgan fingerprint density at radius 1 is 1.28 bits per heavy atom. The molecule has 1 aromatic rings. The average Bonchev–Trinajstić information content (AvgIpc) is 2.74. The van der Waals surface area contributed by atoms with Gasteiger partial charge in [0.2, 0.25) is 0 Å². The van der Waals surface area contributed by atoms with Crippen molar-refractivity contribution in [3.05, 3.63) is 58.6 Å². The van der Waals surface area contributed by atoms with Gasteiger partial charge in [-0.1, -0.05) is 31.2 Å². The Hall–Kier alpha value is -3.18. The van der Waals surface area contributed by atoms with Crippen LogP contribution in [-0.4, -0.2) is 36.8 Å². The lowest BCUT2D eigenvalue weighted by molar-refractivity contribution is 0.234. The Balaban J connectivity index is 0.000000687. The summed E-state index contributed by atoms with van der Waals surface area (Å²) in [5.41, 5.74) is 5.43. The monoisotopic (exact) mass is 393 g/mol. The number of hydrogen-bond donors (Lipinski definition) is 2. The van der Waals surface area contributed by atoms with Gasteiger partial charge in [-0.25, -0.2) is 4.39 Å². The minimum absolute atomic E-state index is 0.0830. The standard InChI is InChI=1S/C19H16FN5.C3H8O/c1-25-7-6-12-14(8-21)18(24)19(10-22,11-23)17(15(12)9-25)13-4-2-3-5-16(13)20;1-2-3-4/h2-6,15,17H,7,9,24H2,1H3;4H,2-3H2,1H3. The molecule has 6 nitrogen and oxygen atoms in total.